The van der Waals surface area contributed by atoms with Crippen LogP contribution >= 0.6 is 24.8 Å². The van der Waals surface area contributed by atoms with Crippen LogP contribution in [0.4, 0.5) is 5.82 Å². The number of hydrogen-bond donors (Lipinski definition) is 1. The maximum absolute atomic E-state index is 4.49. The number of anilines is 1. The highest BCUT2D eigenvalue weighted by Gasteiger charge is 2.12. The summed E-state index contributed by atoms with van der Waals surface area (Å²) in [5.74, 6) is 0.860. The van der Waals surface area contributed by atoms with Gasteiger partial charge in [-0.1, -0.05) is 24.6 Å². The second-order valence-electron chi connectivity index (χ2n) is 6.18. The summed E-state index contributed by atoms with van der Waals surface area (Å²) >= 11 is 0. The van der Waals surface area contributed by atoms with Crippen LogP contribution in [0, 0.1) is 0 Å². The first kappa shape index (κ1) is 20.4. The van der Waals surface area contributed by atoms with Crippen molar-refractivity contribution in [2.24, 2.45) is 0 Å². The van der Waals surface area contributed by atoms with E-state index in [-0.39, 0.29) is 24.8 Å². The summed E-state index contributed by atoms with van der Waals surface area (Å²) < 4.78 is 1.85. The van der Waals surface area contributed by atoms with Crippen molar-refractivity contribution >= 4 is 41.7 Å². The molecule has 0 aliphatic carbocycles. The Balaban J connectivity index is 0.00000121. The van der Waals surface area contributed by atoms with E-state index in [4.69, 9.17) is 0 Å². The maximum atomic E-state index is 4.49. The van der Waals surface area contributed by atoms with E-state index in [2.05, 4.69) is 25.3 Å². The number of para-hydroxylation sites is 1. The summed E-state index contributed by atoms with van der Waals surface area (Å²) in [6.45, 7) is 4.38. The Hall–Kier alpha value is -1.89. The van der Waals surface area contributed by atoms with Crippen molar-refractivity contribution < 1.29 is 0 Å². The van der Waals surface area contributed by atoms with E-state index in [1.807, 2.05) is 41.2 Å². The minimum atomic E-state index is 0. The van der Waals surface area contributed by atoms with Crippen molar-refractivity contribution in [2.45, 2.75) is 19.3 Å². The third-order valence-electron chi connectivity index (χ3n) is 4.54. The third-order valence-corrected chi connectivity index (χ3v) is 4.54. The normalized spacial score (nSPS) is 14.5. The Bertz CT molecular complexity index is 802. The number of aromatic nitrogens is 4. The zero-order chi connectivity index (χ0) is 16.2. The van der Waals surface area contributed by atoms with Gasteiger partial charge in [-0.3, -0.25) is 0 Å². The van der Waals surface area contributed by atoms with Gasteiger partial charge in [-0.05, 0) is 38.1 Å². The lowest BCUT2D eigenvalue weighted by molar-refractivity contribution is 0.237. The molecule has 0 radical (unpaired) electrons. The molecule has 6 nitrogen and oxygen atoms in total. The van der Waals surface area contributed by atoms with Crippen molar-refractivity contribution in [3.05, 3.63) is 42.9 Å². The number of fused-ring (bicyclic) bond motifs is 1. The van der Waals surface area contributed by atoms with Gasteiger partial charge in [-0.2, -0.15) is 5.10 Å². The van der Waals surface area contributed by atoms with Crippen molar-refractivity contribution in [1.82, 2.24) is 24.6 Å². The van der Waals surface area contributed by atoms with Crippen LogP contribution in [0.2, 0.25) is 0 Å². The van der Waals surface area contributed by atoms with E-state index in [1.165, 1.54) is 32.4 Å². The van der Waals surface area contributed by atoms with Gasteiger partial charge in [0.2, 0.25) is 0 Å². The molecule has 140 valence electrons. The standard InChI is InChI=1S/C18H22N6.2ClH/c1-3-7-15(8-4-1)24-18-16(13-22-24)17(20-14-21-18)19-9-12-23-10-5-2-6-11-23;;/h1,3-4,7-8,13-14H,2,5-6,9-12H2,(H,19,20,21);2*1H. The van der Waals surface area contributed by atoms with Gasteiger partial charge in [0.05, 0.1) is 17.3 Å². The van der Waals surface area contributed by atoms with E-state index in [9.17, 15) is 0 Å². The zero-order valence-corrected chi connectivity index (χ0v) is 16.2. The number of nitrogens with zero attached hydrogens (tertiary/aromatic N) is 5. The lowest BCUT2D eigenvalue weighted by atomic mass is 10.1. The Morgan fingerprint density at radius 1 is 0.962 bits per heavy atom. The number of nitrogens with one attached hydrogen (secondary N) is 1. The summed E-state index contributed by atoms with van der Waals surface area (Å²) in [5, 5.41) is 8.90. The van der Waals surface area contributed by atoms with Crippen LogP contribution in [-0.2, 0) is 0 Å². The average Bonchev–Trinajstić information content (AvgIpc) is 3.08. The quantitative estimate of drug-likeness (QED) is 0.716. The second-order valence-corrected chi connectivity index (χ2v) is 6.18. The van der Waals surface area contributed by atoms with Gasteiger partial charge in [-0.15, -0.1) is 24.8 Å². The topological polar surface area (TPSA) is 58.9 Å². The lowest BCUT2D eigenvalue weighted by Gasteiger charge is -2.26. The molecule has 0 amide bonds. The molecule has 3 aromatic rings. The molecule has 4 rings (SSSR count). The molecule has 1 aliphatic rings. The molecule has 8 heteroatoms. The van der Waals surface area contributed by atoms with E-state index in [0.29, 0.717) is 0 Å². The molecule has 0 spiro atoms. The summed E-state index contributed by atoms with van der Waals surface area (Å²) in [5.41, 5.74) is 1.84. The van der Waals surface area contributed by atoms with Gasteiger partial charge >= 0.3 is 0 Å². The predicted octanol–water partition coefficient (Wildman–Crippen LogP) is 3.56. The number of rotatable bonds is 5. The SMILES string of the molecule is Cl.Cl.c1ccc(-n2ncc3c(NCCN4CCCCC4)ncnc32)cc1. The zero-order valence-electron chi connectivity index (χ0n) is 14.5. The van der Waals surface area contributed by atoms with E-state index in [1.54, 1.807) is 6.33 Å². The minimum absolute atomic E-state index is 0. The molecule has 2 aromatic heterocycles. The molecule has 0 atom stereocenters. The summed E-state index contributed by atoms with van der Waals surface area (Å²) in [6.07, 6.45) is 7.45. The highest BCUT2D eigenvalue weighted by Crippen LogP contribution is 2.21. The second kappa shape index (κ2) is 9.71. The monoisotopic (exact) mass is 394 g/mol. The fourth-order valence-corrected chi connectivity index (χ4v) is 3.26. The molecule has 0 unspecified atom stereocenters. The van der Waals surface area contributed by atoms with E-state index < -0.39 is 0 Å². The van der Waals surface area contributed by atoms with Crippen molar-refractivity contribution in [3.8, 4) is 5.69 Å². The van der Waals surface area contributed by atoms with Gasteiger partial charge in [0, 0.05) is 13.1 Å². The van der Waals surface area contributed by atoms with Crippen LogP contribution < -0.4 is 5.32 Å². The van der Waals surface area contributed by atoms with E-state index >= 15 is 0 Å². The first-order valence-electron chi connectivity index (χ1n) is 8.62. The highest BCUT2D eigenvalue weighted by atomic mass is 35.5. The Labute approximate surface area is 165 Å². The Kier molecular flexibility index (Phi) is 7.63. The largest absolute Gasteiger partial charge is 0.368 e. The summed E-state index contributed by atoms with van der Waals surface area (Å²) in [7, 11) is 0. The van der Waals surface area contributed by atoms with Crippen molar-refractivity contribution in [3.63, 3.8) is 0 Å². The number of piperidine rings is 1. The number of halogens is 2. The fraction of sp³-hybridized carbons (Fsp3) is 0.389. The lowest BCUT2D eigenvalue weighted by Crippen LogP contribution is -2.33. The van der Waals surface area contributed by atoms with Gasteiger partial charge in [0.1, 0.15) is 12.1 Å². The molecule has 1 fully saturated rings. The van der Waals surface area contributed by atoms with Gasteiger partial charge in [-0.25, -0.2) is 14.6 Å². The fourth-order valence-electron chi connectivity index (χ4n) is 3.26. The molecule has 26 heavy (non-hydrogen) atoms. The number of hydrogen-bond acceptors (Lipinski definition) is 5. The Morgan fingerprint density at radius 2 is 1.73 bits per heavy atom. The smallest absolute Gasteiger partial charge is 0.168 e. The summed E-state index contributed by atoms with van der Waals surface area (Å²) in [6, 6.07) is 10.1. The predicted molar refractivity (Wildman–Crippen MR) is 110 cm³/mol. The van der Waals surface area contributed by atoms with Crippen molar-refractivity contribution in [1.29, 1.82) is 0 Å². The molecule has 1 aliphatic heterocycles. The first-order chi connectivity index (χ1) is 11.9. The Morgan fingerprint density at radius 3 is 2.50 bits per heavy atom. The summed E-state index contributed by atoms with van der Waals surface area (Å²) in [4.78, 5) is 11.3. The maximum Gasteiger partial charge on any atom is 0.168 e. The van der Waals surface area contributed by atoms with Gasteiger partial charge in [0.25, 0.3) is 0 Å². The van der Waals surface area contributed by atoms with Crippen LogP contribution in [0.25, 0.3) is 16.7 Å². The molecule has 0 saturated carbocycles. The molecule has 3 heterocycles. The van der Waals surface area contributed by atoms with Gasteiger partial charge in [0.15, 0.2) is 5.65 Å². The number of likely N-dealkylation sites (tertiary alicyclic amines) is 1. The van der Waals surface area contributed by atoms with E-state index in [0.717, 1.165) is 35.6 Å². The third kappa shape index (κ3) is 4.44. The average molecular weight is 395 g/mol. The molecule has 1 saturated heterocycles. The molecule has 1 aromatic carbocycles. The number of benzene rings is 1. The first-order valence-corrected chi connectivity index (χ1v) is 8.62. The van der Waals surface area contributed by atoms with Crippen molar-refractivity contribution in [2.75, 3.05) is 31.5 Å². The van der Waals surface area contributed by atoms with Crippen LogP contribution in [0.3, 0.4) is 0 Å². The minimum Gasteiger partial charge on any atom is -0.368 e. The van der Waals surface area contributed by atoms with Crippen LogP contribution in [0.5, 0.6) is 0 Å². The highest BCUT2D eigenvalue weighted by molar-refractivity contribution is 5.87. The molecule has 1 N–H and O–H groups in total. The molecular weight excluding hydrogens is 371 g/mol. The van der Waals surface area contributed by atoms with Gasteiger partial charge < -0.3 is 10.2 Å². The van der Waals surface area contributed by atoms with Crippen LogP contribution in [0.1, 0.15) is 19.3 Å². The van der Waals surface area contributed by atoms with Crippen LogP contribution in [-0.4, -0.2) is 50.8 Å². The van der Waals surface area contributed by atoms with Crippen LogP contribution in [0.15, 0.2) is 42.9 Å². The molecular formula is C18H24Cl2N6. The molecule has 0 bridgehead atoms.